The lowest BCUT2D eigenvalue weighted by Gasteiger charge is -2.17. The number of rotatable bonds is 4. The number of nitrogens with two attached hydrogens (primary N) is 1. The molecule has 1 heterocycles. The molecule has 1 saturated heterocycles. The smallest absolute Gasteiger partial charge is 0.338 e. The van der Waals surface area contributed by atoms with Crippen LogP contribution in [-0.2, 0) is 14.8 Å². The van der Waals surface area contributed by atoms with Crippen LogP contribution < -0.4 is 10.0 Å². The van der Waals surface area contributed by atoms with Crippen LogP contribution in [0.1, 0.15) is 16.8 Å². The Morgan fingerprint density at radius 1 is 1.48 bits per heavy atom. The first-order valence-corrected chi connectivity index (χ1v) is 7.72. The molecule has 1 amide bonds. The van der Waals surface area contributed by atoms with E-state index in [-0.39, 0.29) is 30.3 Å². The summed E-state index contributed by atoms with van der Waals surface area (Å²) in [5.41, 5.74) is -0.300. The lowest BCUT2D eigenvalue weighted by molar-refractivity contribution is -0.117. The third kappa shape index (κ3) is 3.56. The standard InChI is InChI=1S/C12H13FN2O5S/c13-10-4-8(1-2-9(10)12(17)18)15-5-7(3-11(15)16)6-21(14,19)20/h1-2,4,7H,3,5-6H2,(H,17,18)(H2,14,19,20). The number of hydrogen-bond donors (Lipinski definition) is 2. The van der Waals surface area contributed by atoms with E-state index in [0.29, 0.717) is 0 Å². The van der Waals surface area contributed by atoms with Crippen molar-refractivity contribution in [2.24, 2.45) is 11.1 Å². The Balaban J connectivity index is 2.21. The number of nitrogens with zero attached hydrogens (tertiary/aromatic N) is 1. The van der Waals surface area contributed by atoms with Gasteiger partial charge in [0.1, 0.15) is 5.82 Å². The molecule has 1 atom stereocenters. The number of halogens is 1. The van der Waals surface area contributed by atoms with Crippen molar-refractivity contribution < 1.29 is 27.5 Å². The van der Waals surface area contributed by atoms with Crippen molar-refractivity contribution in [1.82, 2.24) is 0 Å². The van der Waals surface area contributed by atoms with E-state index < -0.39 is 33.3 Å². The first kappa shape index (κ1) is 15.4. The third-order valence-corrected chi connectivity index (χ3v) is 4.10. The number of carboxylic acid groups (broad SMARTS) is 1. The SMILES string of the molecule is NS(=O)(=O)CC1CC(=O)N(c2ccc(C(=O)O)c(F)c2)C1. The number of carboxylic acids is 1. The van der Waals surface area contributed by atoms with Crippen LogP contribution in [0.3, 0.4) is 0 Å². The van der Waals surface area contributed by atoms with Crippen LogP contribution in [0, 0.1) is 11.7 Å². The normalized spacial score (nSPS) is 19.0. The van der Waals surface area contributed by atoms with Gasteiger partial charge in [-0.1, -0.05) is 0 Å². The molecule has 1 aromatic carbocycles. The van der Waals surface area contributed by atoms with Gasteiger partial charge >= 0.3 is 5.97 Å². The van der Waals surface area contributed by atoms with E-state index in [1.54, 1.807) is 0 Å². The van der Waals surface area contributed by atoms with Gasteiger partial charge in [0, 0.05) is 24.6 Å². The zero-order chi connectivity index (χ0) is 15.8. The molecule has 1 aliphatic heterocycles. The number of anilines is 1. The molecule has 0 bridgehead atoms. The molecule has 21 heavy (non-hydrogen) atoms. The highest BCUT2D eigenvalue weighted by atomic mass is 32.2. The fourth-order valence-electron chi connectivity index (χ4n) is 2.32. The Morgan fingerprint density at radius 3 is 2.67 bits per heavy atom. The molecule has 1 unspecified atom stereocenters. The van der Waals surface area contributed by atoms with E-state index in [9.17, 15) is 22.4 Å². The molecule has 1 fully saturated rings. The number of carbonyl (C=O) groups is 2. The molecule has 7 nitrogen and oxygen atoms in total. The summed E-state index contributed by atoms with van der Waals surface area (Å²) in [5, 5.41) is 13.7. The highest BCUT2D eigenvalue weighted by Crippen LogP contribution is 2.27. The zero-order valence-corrected chi connectivity index (χ0v) is 11.6. The number of hydrogen-bond acceptors (Lipinski definition) is 4. The maximum atomic E-state index is 13.6. The van der Waals surface area contributed by atoms with Gasteiger partial charge in [0.25, 0.3) is 0 Å². The van der Waals surface area contributed by atoms with Crippen LogP contribution in [0.2, 0.25) is 0 Å². The molecule has 0 radical (unpaired) electrons. The van der Waals surface area contributed by atoms with E-state index in [4.69, 9.17) is 10.2 Å². The lowest BCUT2D eigenvalue weighted by atomic mass is 10.1. The number of amides is 1. The second-order valence-electron chi connectivity index (χ2n) is 4.87. The molecule has 1 aliphatic rings. The maximum Gasteiger partial charge on any atom is 0.338 e. The summed E-state index contributed by atoms with van der Waals surface area (Å²) in [6.45, 7) is 0.0983. The molecule has 1 aromatic rings. The van der Waals surface area contributed by atoms with Crippen LogP contribution in [0.5, 0.6) is 0 Å². The average molecular weight is 316 g/mol. The van der Waals surface area contributed by atoms with Gasteiger partial charge in [-0.15, -0.1) is 0 Å². The molecule has 3 N–H and O–H groups in total. The topological polar surface area (TPSA) is 118 Å². The lowest BCUT2D eigenvalue weighted by Crippen LogP contribution is -2.27. The average Bonchev–Trinajstić information content (AvgIpc) is 2.66. The van der Waals surface area contributed by atoms with Gasteiger partial charge in [0.2, 0.25) is 15.9 Å². The summed E-state index contributed by atoms with van der Waals surface area (Å²) in [6.07, 6.45) is -0.00126. The largest absolute Gasteiger partial charge is 0.478 e. The monoisotopic (exact) mass is 316 g/mol. The van der Waals surface area contributed by atoms with Crippen LogP contribution in [0.4, 0.5) is 10.1 Å². The first-order valence-electron chi connectivity index (χ1n) is 6.01. The Labute approximate surface area is 120 Å². The second kappa shape index (κ2) is 5.41. The van der Waals surface area contributed by atoms with Crippen molar-refractivity contribution in [2.75, 3.05) is 17.2 Å². The molecule has 2 rings (SSSR count). The summed E-state index contributed by atoms with van der Waals surface area (Å²) in [5.74, 6) is -3.51. The van der Waals surface area contributed by atoms with Crippen LogP contribution in [-0.4, -0.2) is 37.7 Å². The molecule has 9 heteroatoms. The summed E-state index contributed by atoms with van der Waals surface area (Å²) >= 11 is 0. The molecular formula is C12H13FN2O5S. The molecule has 114 valence electrons. The quantitative estimate of drug-likeness (QED) is 0.820. The molecule has 0 aliphatic carbocycles. The number of aromatic carboxylic acids is 1. The number of sulfonamides is 1. The van der Waals surface area contributed by atoms with Crippen molar-refractivity contribution in [3.8, 4) is 0 Å². The molecular weight excluding hydrogens is 303 g/mol. The maximum absolute atomic E-state index is 13.6. The number of primary sulfonamides is 1. The van der Waals surface area contributed by atoms with Gasteiger partial charge in [0.15, 0.2) is 0 Å². The molecule has 0 spiro atoms. The third-order valence-electron chi connectivity index (χ3n) is 3.17. The fraction of sp³-hybridized carbons (Fsp3) is 0.333. The Kier molecular flexibility index (Phi) is 3.97. The van der Waals surface area contributed by atoms with E-state index in [1.165, 1.54) is 11.0 Å². The highest BCUT2D eigenvalue weighted by molar-refractivity contribution is 7.89. The minimum absolute atomic E-state index is 0.00126. The minimum atomic E-state index is -3.69. The van der Waals surface area contributed by atoms with Crippen molar-refractivity contribution >= 4 is 27.6 Å². The van der Waals surface area contributed by atoms with E-state index in [0.717, 1.165) is 12.1 Å². The minimum Gasteiger partial charge on any atom is -0.478 e. The van der Waals surface area contributed by atoms with Gasteiger partial charge in [-0.3, -0.25) is 4.79 Å². The number of benzene rings is 1. The van der Waals surface area contributed by atoms with Gasteiger partial charge in [-0.2, -0.15) is 0 Å². The summed E-state index contributed by atoms with van der Waals surface area (Å²) < 4.78 is 35.7. The summed E-state index contributed by atoms with van der Waals surface area (Å²) in [4.78, 5) is 23.8. The second-order valence-corrected chi connectivity index (χ2v) is 6.53. The number of carbonyl (C=O) groups excluding carboxylic acids is 1. The van der Waals surface area contributed by atoms with Crippen molar-refractivity contribution in [3.05, 3.63) is 29.6 Å². The van der Waals surface area contributed by atoms with Crippen molar-refractivity contribution in [3.63, 3.8) is 0 Å². The molecule has 0 saturated carbocycles. The van der Waals surface area contributed by atoms with Crippen LogP contribution in [0.15, 0.2) is 18.2 Å². The van der Waals surface area contributed by atoms with Gasteiger partial charge in [0.05, 0.1) is 11.3 Å². The summed E-state index contributed by atoms with van der Waals surface area (Å²) in [7, 11) is -3.69. The van der Waals surface area contributed by atoms with Crippen molar-refractivity contribution in [2.45, 2.75) is 6.42 Å². The van der Waals surface area contributed by atoms with E-state index in [1.807, 2.05) is 0 Å². The Morgan fingerprint density at radius 2 is 2.14 bits per heavy atom. The van der Waals surface area contributed by atoms with E-state index in [2.05, 4.69) is 0 Å². The van der Waals surface area contributed by atoms with Gasteiger partial charge in [-0.05, 0) is 18.2 Å². The fourth-order valence-corrected chi connectivity index (χ4v) is 3.20. The van der Waals surface area contributed by atoms with Gasteiger partial charge < -0.3 is 10.0 Å². The highest BCUT2D eigenvalue weighted by Gasteiger charge is 2.33. The summed E-state index contributed by atoms with van der Waals surface area (Å²) in [6, 6.07) is 3.32. The zero-order valence-electron chi connectivity index (χ0n) is 10.8. The molecule has 0 aromatic heterocycles. The predicted octanol–water partition coefficient (Wildman–Crippen LogP) is 0.165. The first-order chi connectivity index (χ1) is 9.67. The Bertz CT molecular complexity index is 704. The van der Waals surface area contributed by atoms with Crippen LogP contribution in [0.25, 0.3) is 0 Å². The van der Waals surface area contributed by atoms with E-state index >= 15 is 0 Å². The Hall–Kier alpha value is -2.00. The van der Waals surface area contributed by atoms with Crippen LogP contribution >= 0.6 is 0 Å². The van der Waals surface area contributed by atoms with Crippen molar-refractivity contribution in [1.29, 1.82) is 0 Å². The predicted molar refractivity (Wildman–Crippen MR) is 71.8 cm³/mol. The van der Waals surface area contributed by atoms with Gasteiger partial charge in [-0.25, -0.2) is 22.7 Å².